The van der Waals surface area contributed by atoms with E-state index < -0.39 is 0 Å². The third kappa shape index (κ3) is 2.58. The van der Waals surface area contributed by atoms with Crippen molar-refractivity contribution in [3.63, 3.8) is 0 Å². The van der Waals surface area contributed by atoms with Crippen LogP contribution in [-0.2, 0) is 11.2 Å². The molecule has 0 bridgehead atoms. The van der Waals surface area contributed by atoms with Crippen molar-refractivity contribution in [2.24, 2.45) is 0 Å². The lowest BCUT2D eigenvalue weighted by Gasteiger charge is -1.98. The summed E-state index contributed by atoms with van der Waals surface area (Å²) in [6, 6.07) is 6.76. The van der Waals surface area contributed by atoms with Gasteiger partial charge in [0.05, 0.1) is 0 Å². The second kappa shape index (κ2) is 4.16. The predicted octanol–water partition coefficient (Wildman–Crippen LogP) is 1.82. The standard InChI is InChI=1S/C9H10O2S/c1-12-9(11)6-7-3-2-4-8(10)5-7/h2-5,10H,6H2,1H3. The molecule has 0 unspecified atom stereocenters. The maximum Gasteiger partial charge on any atom is 0.193 e. The molecule has 64 valence electrons. The molecule has 0 aliphatic heterocycles. The van der Waals surface area contributed by atoms with Gasteiger partial charge in [0.25, 0.3) is 0 Å². The van der Waals surface area contributed by atoms with Gasteiger partial charge in [0, 0.05) is 6.42 Å². The molecular formula is C9H10O2S. The topological polar surface area (TPSA) is 37.3 Å². The molecule has 2 nitrogen and oxygen atoms in total. The molecule has 0 saturated heterocycles. The summed E-state index contributed by atoms with van der Waals surface area (Å²) in [5, 5.41) is 9.19. The van der Waals surface area contributed by atoms with Gasteiger partial charge in [-0.2, -0.15) is 0 Å². The number of benzene rings is 1. The van der Waals surface area contributed by atoms with E-state index >= 15 is 0 Å². The average Bonchev–Trinajstić information content (AvgIpc) is 2.04. The van der Waals surface area contributed by atoms with Crippen LogP contribution in [-0.4, -0.2) is 16.5 Å². The molecule has 0 aliphatic carbocycles. The van der Waals surface area contributed by atoms with Crippen LogP contribution in [0, 0.1) is 0 Å². The number of thioether (sulfide) groups is 1. The van der Waals surface area contributed by atoms with Gasteiger partial charge in [-0.1, -0.05) is 23.9 Å². The van der Waals surface area contributed by atoms with Crippen LogP contribution in [0.4, 0.5) is 0 Å². The van der Waals surface area contributed by atoms with E-state index in [-0.39, 0.29) is 10.9 Å². The normalized spacial score (nSPS) is 9.75. The number of aromatic hydroxyl groups is 1. The van der Waals surface area contributed by atoms with E-state index in [0.717, 1.165) is 5.56 Å². The van der Waals surface area contributed by atoms with Crippen molar-refractivity contribution in [1.82, 2.24) is 0 Å². The highest BCUT2D eigenvalue weighted by Gasteiger charge is 2.01. The molecule has 0 aliphatic rings. The second-order valence-corrected chi connectivity index (χ2v) is 3.29. The van der Waals surface area contributed by atoms with Gasteiger partial charge in [0.15, 0.2) is 5.12 Å². The van der Waals surface area contributed by atoms with E-state index in [2.05, 4.69) is 0 Å². The van der Waals surface area contributed by atoms with Gasteiger partial charge in [-0.3, -0.25) is 4.79 Å². The molecule has 0 aromatic heterocycles. The summed E-state index contributed by atoms with van der Waals surface area (Å²) >= 11 is 1.20. The summed E-state index contributed by atoms with van der Waals surface area (Å²) in [4.78, 5) is 11.0. The second-order valence-electron chi connectivity index (χ2n) is 2.42. The van der Waals surface area contributed by atoms with Gasteiger partial charge in [0.1, 0.15) is 5.75 Å². The molecule has 0 spiro atoms. The van der Waals surface area contributed by atoms with Crippen LogP contribution in [0.25, 0.3) is 0 Å². The molecule has 1 aromatic rings. The van der Waals surface area contributed by atoms with Gasteiger partial charge >= 0.3 is 0 Å². The molecule has 3 heteroatoms. The minimum atomic E-state index is 0.112. The zero-order valence-corrected chi connectivity index (χ0v) is 7.60. The van der Waals surface area contributed by atoms with E-state index in [1.165, 1.54) is 11.8 Å². The first kappa shape index (κ1) is 9.13. The largest absolute Gasteiger partial charge is 0.508 e. The quantitative estimate of drug-likeness (QED) is 0.758. The van der Waals surface area contributed by atoms with E-state index in [0.29, 0.717) is 6.42 Å². The highest BCUT2D eigenvalue weighted by Crippen LogP contribution is 2.13. The summed E-state index contributed by atoms with van der Waals surface area (Å²) in [5.41, 5.74) is 0.856. The molecule has 0 atom stereocenters. The van der Waals surface area contributed by atoms with Crippen molar-refractivity contribution in [3.8, 4) is 5.75 Å². The van der Waals surface area contributed by atoms with Gasteiger partial charge < -0.3 is 5.11 Å². The maximum atomic E-state index is 11.0. The van der Waals surface area contributed by atoms with Crippen molar-refractivity contribution >= 4 is 16.9 Å². The van der Waals surface area contributed by atoms with Crippen LogP contribution in [0.3, 0.4) is 0 Å². The van der Waals surface area contributed by atoms with Crippen molar-refractivity contribution in [2.75, 3.05) is 6.26 Å². The first-order chi connectivity index (χ1) is 5.72. The fourth-order valence-corrected chi connectivity index (χ4v) is 1.22. The van der Waals surface area contributed by atoms with Crippen molar-refractivity contribution in [2.45, 2.75) is 6.42 Å². The van der Waals surface area contributed by atoms with E-state index in [9.17, 15) is 4.79 Å². The average molecular weight is 182 g/mol. The lowest BCUT2D eigenvalue weighted by Crippen LogP contribution is -1.95. The van der Waals surface area contributed by atoms with E-state index in [1.807, 2.05) is 6.07 Å². The van der Waals surface area contributed by atoms with Gasteiger partial charge in [0.2, 0.25) is 0 Å². The number of phenolic OH excluding ortho intramolecular Hbond substituents is 1. The number of rotatable bonds is 2. The molecule has 0 saturated carbocycles. The number of hydrogen-bond donors (Lipinski definition) is 1. The minimum absolute atomic E-state index is 0.112. The molecule has 0 radical (unpaired) electrons. The van der Waals surface area contributed by atoms with Crippen LogP contribution in [0.1, 0.15) is 5.56 Å². The number of hydrogen-bond acceptors (Lipinski definition) is 3. The summed E-state index contributed by atoms with van der Waals surface area (Å²) in [6.07, 6.45) is 2.14. The van der Waals surface area contributed by atoms with E-state index in [1.54, 1.807) is 24.5 Å². The fraction of sp³-hybridized carbons (Fsp3) is 0.222. The van der Waals surface area contributed by atoms with Gasteiger partial charge in [-0.25, -0.2) is 0 Å². The predicted molar refractivity (Wildman–Crippen MR) is 50.3 cm³/mol. The molecule has 0 heterocycles. The molecular weight excluding hydrogens is 172 g/mol. The number of carbonyl (C=O) groups is 1. The smallest absolute Gasteiger partial charge is 0.193 e. The Hall–Kier alpha value is -0.960. The third-order valence-corrected chi connectivity index (χ3v) is 2.09. The van der Waals surface area contributed by atoms with Crippen LogP contribution >= 0.6 is 11.8 Å². The number of carbonyl (C=O) groups excluding carboxylic acids is 1. The lowest BCUT2D eigenvalue weighted by molar-refractivity contribution is -0.110. The summed E-state index contributed by atoms with van der Waals surface area (Å²) in [6.45, 7) is 0. The Balaban J connectivity index is 2.69. The lowest BCUT2D eigenvalue weighted by atomic mass is 10.1. The van der Waals surface area contributed by atoms with Crippen molar-refractivity contribution in [3.05, 3.63) is 29.8 Å². The molecule has 12 heavy (non-hydrogen) atoms. The zero-order chi connectivity index (χ0) is 8.97. The van der Waals surface area contributed by atoms with Gasteiger partial charge in [-0.05, 0) is 24.0 Å². The van der Waals surface area contributed by atoms with Crippen LogP contribution in [0.2, 0.25) is 0 Å². The Labute approximate surface area is 75.6 Å². The van der Waals surface area contributed by atoms with Crippen LogP contribution < -0.4 is 0 Å². The fourth-order valence-electron chi connectivity index (χ4n) is 0.905. The SMILES string of the molecule is CSC(=O)Cc1cccc(O)c1. The zero-order valence-electron chi connectivity index (χ0n) is 6.78. The highest BCUT2D eigenvalue weighted by molar-refractivity contribution is 8.13. The van der Waals surface area contributed by atoms with Crippen molar-refractivity contribution < 1.29 is 9.90 Å². The molecule has 1 aromatic carbocycles. The Bertz CT molecular complexity index is 284. The number of phenols is 1. The Morgan fingerprint density at radius 3 is 2.92 bits per heavy atom. The summed E-state index contributed by atoms with van der Waals surface area (Å²) in [5.74, 6) is 0.210. The highest BCUT2D eigenvalue weighted by atomic mass is 32.2. The molecule has 0 amide bonds. The molecule has 1 N–H and O–H groups in total. The van der Waals surface area contributed by atoms with Crippen LogP contribution in [0.15, 0.2) is 24.3 Å². The molecule has 1 rings (SSSR count). The first-order valence-electron chi connectivity index (χ1n) is 3.57. The van der Waals surface area contributed by atoms with Gasteiger partial charge in [-0.15, -0.1) is 0 Å². The molecule has 0 fully saturated rings. The third-order valence-electron chi connectivity index (χ3n) is 1.49. The monoisotopic (exact) mass is 182 g/mol. The Morgan fingerprint density at radius 1 is 1.58 bits per heavy atom. The van der Waals surface area contributed by atoms with Crippen molar-refractivity contribution in [1.29, 1.82) is 0 Å². The minimum Gasteiger partial charge on any atom is -0.508 e. The summed E-state index contributed by atoms with van der Waals surface area (Å²) < 4.78 is 0. The first-order valence-corrected chi connectivity index (χ1v) is 4.79. The maximum absolute atomic E-state index is 11.0. The van der Waals surface area contributed by atoms with E-state index in [4.69, 9.17) is 5.11 Å². The Morgan fingerprint density at radius 2 is 2.33 bits per heavy atom. The van der Waals surface area contributed by atoms with Crippen LogP contribution in [0.5, 0.6) is 5.75 Å². The summed E-state index contributed by atoms with van der Waals surface area (Å²) in [7, 11) is 0. The Kier molecular flexibility index (Phi) is 3.17.